The van der Waals surface area contributed by atoms with Crippen molar-refractivity contribution < 1.29 is 17.8 Å². The quantitative estimate of drug-likeness (QED) is 0.232. The van der Waals surface area contributed by atoms with Gasteiger partial charge in [-0.15, -0.1) is 23.4 Å². The molecule has 4 saturated carbocycles. The van der Waals surface area contributed by atoms with Crippen molar-refractivity contribution in [2.24, 2.45) is 46.8 Å². The molecule has 0 amide bonds. The average Bonchev–Trinajstić information content (AvgIpc) is 3.10. The standard InChI is InChI=1S/C23H34O4S2.CH3Cl/c1-3-4-15-5-7-17-16(13-15)6-8-19-18(17)11-12-23(2)20(19)9-10-21(23)22(24)14-28-29(25,26)27;1-2/h15-21H,5-14H2,1-2H3,(H,25,26,27);1H3. The lowest BCUT2D eigenvalue weighted by molar-refractivity contribution is -0.127. The molecule has 0 saturated heterocycles. The van der Waals surface area contributed by atoms with Crippen LogP contribution in [0.5, 0.6) is 0 Å². The molecule has 0 aliphatic heterocycles. The highest BCUT2D eigenvalue weighted by atomic mass is 35.5. The summed E-state index contributed by atoms with van der Waals surface area (Å²) in [6.45, 7) is 4.25. The summed E-state index contributed by atoms with van der Waals surface area (Å²) in [5.41, 5.74) is 0.00968. The van der Waals surface area contributed by atoms with E-state index >= 15 is 0 Å². The minimum atomic E-state index is -4.15. The van der Waals surface area contributed by atoms with Crippen LogP contribution in [0.25, 0.3) is 0 Å². The Morgan fingerprint density at radius 3 is 2.45 bits per heavy atom. The van der Waals surface area contributed by atoms with Crippen molar-refractivity contribution in [1.82, 2.24) is 0 Å². The van der Waals surface area contributed by atoms with Crippen LogP contribution in [-0.2, 0) is 13.9 Å². The van der Waals surface area contributed by atoms with E-state index in [0.717, 1.165) is 42.9 Å². The van der Waals surface area contributed by atoms with Crippen LogP contribution in [0.4, 0.5) is 0 Å². The van der Waals surface area contributed by atoms with E-state index in [-0.39, 0.29) is 22.9 Å². The lowest BCUT2D eigenvalue weighted by Gasteiger charge is -2.56. The van der Waals surface area contributed by atoms with Gasteiger partial charge in [-0.1, -0.05) is 6.92 Å². The van der Waals surface area contributed by atoms with Crippen LogP contribution in [-0.4, -0.2) is 30.9 Å². The number of hydrogen-bond donors (Lipinski definition) is 1. The fourth-order valence-electron chi connectivity index (χ4n) is 7.95. The molecule has 4 fully saturated rings. The summed E-state index contributed by atoms with van der Waals surface area (Å²) in [5.74, 6) is 10.8. The van der Waals surface area contributed by atoms with Crippen LogP contribution in [0.3, 0.4) is 0 Å². The molecule has 176 valence electrons. The lowest BCUT2D eigenvalue weighted by Crippen LogP contribution is -2.49. The SMILES string of the molecule is CC#CC1CCC2C(CCC3C2CCC2(C)C(C(=O)CSS(=O)(=O)O)CCC32)C1.CCl. The first-order chi connectivity index (χ1) is 14.7. The van der Waals surface area contributed by atoms with Gasteiger partial charge in [0, 0.05) is 29.0 Å². The molecule has 0 spiro atoms. The summed E-state index contributed by atoms with van der Waals surface area (Å²) >= 11 is 4.64. The highest BCUT2D eigenvalue weighted by molar-refractivity contribution is 8.70. The van der Waals surface area contributed by atoms with Gasteiger partial charge in [0.15, 0.2) is 0 Å². The Balaban J connectivity index is 0.00000132. The van der Waals surface area contributed by atoms with Gasteiger partial charge in [0.25, 0.3) is 0 Å². The van der Waals surface area contributed by atoms with Crippen LogP contribution in [0.1, 0.15) is 71.6 Å². The maximum absolute atomic E-state index is 12.8. The number of alkyl halides is 1. The molecule has 0 radical (unpaired) electrons. The third-order valence-corrected chi connectivity index (χ3v) is 11.0. The van der Waals surface area contributed by atoms with E-state index in [2.05, 4.69) is 30.4 Å². The lowest BCUT2D eigenvalue weighted by atomic mass is 9.49. The Bertz CT molecular complexity index is 817. The molecule has 8 atom stereocenters. The number of carbonyl (C=O) groups excluding carboxylic acids is 1. The molecule has 31 heavy (non-hydrogen) atoms. The van der Waals surface area contributed by atoms with Crippen molar-refractivity contribution in [3.05, 3.63) is 0 Å². The second-order valence-electron chi connectivity index (χ2n) is 10.2. The van der Waals surface area contributed by atoms with Crippen LogP contribution in [0.15, 0.2) is 0 Å². The smallest absolute Gasteiger partial charge is 0.298 e. The van der Waals surface area contributed by atoms with E-state index in [1.54, 1.807) is 0 Å². The molecule has 0 bridgehead atoms. The second-order valence-corrected chi connectivity index (χ2v) is 13.5. The van der Waals surface area contributed by atoms with Gasteiger partial charge in [-0.2, -0.15) is 8.42 Å². The number of hydrogen-bond acceptors (Lipinski definition) is 4. The van der Waals surface area contributed by atoms with Gasteiger partial charge >= 0.3 is 9.15 Å². The zero-order valence-corrected chi connectivity index (χ0v) is 21.4. The highest BCUT2D eigenvalue weighted by Crippen LogP contribution is 2.64. The van der Waals surface area contributed by atoms with Gasteiger partial charge in [0.1, 0.15) is 5.78 Å². The Morgan fingerprint density at radius 2 is 1.77 bits per heavy atom. The molecule has 8 unspecified atom stereocenters. The molecule has 0 aromatic carbocycles. The van der Waals surface area contributed by atoms with E-state index < -0.39 is 9.15 Å². The van der Waals surface area contributed by atoms with Gasteiger partial charge in [-0.3, -0.25) is 9.35 Å². The van der Waals surface area contributed by atoms with Gasteiger partial charge in [-0.05, 0) is 99.7 Å². The summed E-state index contributed by atoms with van der Waals surface area (Å²) in [6, 6.07) is 0. The van der Waals surface area contributed by atoms with Gasteiger partial charge in [0.05, 0.1) is 5.75 Å². The first kappa shape index (κ1) is 25.4. The van der Waals surface area contributed by atoms with Crippen molar-refractivity contribution in [2.75, 3.05) is 12.1 Å². The van der Waals surface area contributed by atoms with Crippen LogP contribution in [0.2, 0.25) is 0 Å². The highest BCUT2D eigenvalue weighted by Gasteiger charge is 2.58. The molecule has 4 rings (SSSR count). The Hall–Kier alpha value is -0.220. The maximum atomic E-state index is 12.8. The van der Waals surface area contributed by atoms with Crippen molar-refractivity contribution >= 4 is 37.3 Å². The number of halogens is 1. The molecule has 0 aromatic heterocycles. The van der Waals surface area contributed by atoms with E-state index in [1.165, 1.54) is 44.9 Å². The number of rotatable bonds is 4. The van der Waals surface area contributed by atoms with Crippen molar-refractivity contribution in [1.29, 1.82) is 0 Å². The fourth-order valence-corrected chi connectivity index (χ4v) is 9.21. The number of ketones is 1. The molecule has 4 aliphatic carbocycles. The predicted molar refractivity (Wildman–Crippen MR) is 128 cm³/mol. The van der Waals surface area contributed by atoms with Crippen LogP contribution >= 0.6 is 22.4 Å². The van der Waals surface area contributed by atoms with E-state index in [1.807, 2.05) is 6.92 Å². The molecule has 7 heteroatoms. The van der Waals surface area contributed by atoms with Gasteiger partial charge in [0.2, 0.25) is 0 Å². The first-order valence-electron chi connectivity index (χ1n) is 11.7. The zero-order valence-electron chi connectivity index (χ0n) is 19.0. The number of carbonyl (C=O) groups is 1. The van der Waals surface area contributed by atoms with E-state index in [9.17, 15) is 13.2 Å². The Kier molecular flexibility index (Phi) is 8.49. The minimum Gasteiger partial charge on any atom is -0.298 e. The predicted octanol–water partition coefficient (Wildman–Crippen LogP) is 5.85. The summed E-state index contributed by atoms with van der Waals surface area (Å²) in [6.07, 6.45) is 12.2. The Labute approximate surface area is 197 Å². The van der Waals surface area contributed by atoms with Crippen LogP contribution < -0.4 is 0 Å². The van der Waals surface area contributed by atoms with Crippen molar-refractivity contribution in [3.63, 3.8) is 0 Å². The summed E-state index contributed by atoms with van der Waals surface area (Å²) < 4.78 is 31.1. The molecule has 4 nitrogen and oxygen atoms in total. The van der Waals surface area contributed by atoms with Crippen LogP contribution in [0, 0.1) is 58.7 Å². The molecular weight excluding hydrogens is 452 g/mol. The second kappa shape index (κ2) is 10.4. The third kappa shape index (κ3) is 5.31. The fraction of sp³-hybridized carbons (Fsp3) is 0.875. The normalized spacial score (nSPS) is 41.4. The molecular formula is C24H37ClO4S2. The zero-order chi connectivity index (χ0) is 22.8. The van der Waals surface area contributed by atoms with Gasteiger partial charge < -0.3 is 0 Å². The summed E-state index contributed by atoms with van der Waals surface area (Å²) in [7, 11) is -3.78. The maximum Gasteiger partial charge on any atom is 0.320 e. The average molecular weight is 489 g/mol. The Morgan fingerprint density at radius 1 is 1.06 bits per heavy atom. The molecule has 4 aliphatic rings. The molecule has 1 N–H and O–H groups in total. The van der Waals surface area contributed by atoms with E-state index in [0.29, 0.717) is 22.6 Å². The summed E-state index contributed by atoms with van der Waals surface area (Å²) in [4.78, 5) is 12.8. The van der Waals surface area contributed by atoms with Gasteiger partial charge in [-0.25, -0.2) is 0 Å². The largest absolute Gasteiger partial charge is 0.320 e. The van der Waals surface area contributed by atoms with Crippen molar-refractivity contribution in [2.45, 2.75) is 71.6 Å². The first-order valence-corrected chi connectivity index (χ1v) is 15.4. The van der Waals surface area contributed by atoms with E-state index in [4.69, 9.17) is 4.55 Å². The third-order valence-electron chi connectivity index (χ3n) is 9.04. The molecule has 0 heterocycles. The number of Topliss-reactive ketones (excluding diaryl/α,β-unsaturated/α-hetero) is 1. The monoisotopic (exact) mass is 488 g/mol. The summed E-state index contributed by atoms with van der Waals surface area (Å²) in [5, 5.41) is 0. The number of fused-ring (bicyclic) bond motifs is 5. The topological polar surface area (TPSA) is 71.4 Å². The minimum absolute atomic E-state index is 0.00968. The molecule has 0 aromatic rings. The van der Waals surface area contributed by atoms with Crippen molar-refractivity contribution in [3.8, 4) is 11.8 Å².